The Hall–Kier alpha value is -2.41. The number of nitriles is 1. The summed E-state index contributed by atoms with van der Waals surface area (Å²) in [4.78, 5) is 23.2. The molecular formula is C13H12N2O2. The Labute approximate surface area is 99.8 Å². The van der Waals surface area contributed by atoms with E-state index in [9.17, 15) is 9.59 Å². The second kappa shape index (κ2) is 6.23. The molecule has 0 spiro atoms. The van der Waals surface area contributed by atoms with Gasteiger partial charge in [0.05, 0.1) is 6.54 Å². The first-order chi connectivity index (χ1) is 8.17. The fourth-order valence-electron chi connectivity index (χ4n) is 1.28. The molecule has 1 amide bonds. The summed E-state index contributed by atoms with van der Waals surface area (Å²) in [5.74, 6) is -0.219. The molecule has 86 valence electrons. The van der Waals surface area contributed by atoms with E-state index in [-0.39, 0.29) is 11.5 Å². The van der Waals surface area contributed by atoms with Crippen LogP contribution in [0.4, 0.5) is 0 Å². The molecule has 0 atom stereocenters. The maximum atomic E-state index is 11.4. The number of nitrogens with zero attached hydrogens (tertiary/aromatic N) is 2. The predicted molar refractivity (Wildman–Crippen MR) is 62.4 cm³/mol. The van der Waals surface area contributed by atoms with E-state index in [2.05, 4.69) is 0 Å². The number of hydrogen-bond acceptors (Lipinski definition) is 3. The van der Waals surface area contributed by atoms with E-state index in [0.29, 0.717) is 12.8 Å². The van der Waals surface area contributed by atoms with E-state index in [1.165, 1.54) is 18.0 Å². The van der Waals surface area contributed by atoms with E-state index in [0.717, 1.165) is 5.56 Å². The van der Waals surface area contributed by atoms with Crippen LogP contribution in [0.5, 0.6) is 0 Å². The second-order valence-corrected chi connectivity index (χ2v) is 3.45. The average Bonchev–Trinajstić information content (AvgIpc) is 2.35. The van der Waals surface area contributed by atoms with Crippen molar-refractivity contribution in [2.75, 3.05) is 0 Å². The summed E-state index contributed by atoms with van der Waals surface area (Å²) in [6, 6.07) is 11.1. The highest BCUT2D eigenvalue weighted by atomic mass is 16.2. The molecule has 0 saturated carbocycles. The zero-order valence-electron chi connectivity index (χ0n) is 9.46. The van der Waals surface area contributed by atoms with Crippen molar-refractivity contribution in [3.8, 4) is 6.07 Å². The molecule has 0 unspecified atom stereocenters. The van der Waals surface area contributed by atoms with Crippen molar-refractivity contribution < 1.29 is 9.59 Å². The van der Waals surface area contributed by atoms with Crippen LogP contribution in [-0.4, -0.2) is 17.1 Å². The monoisotopic (exact) mass is 228 g/mol. The van der Waals surface area contributed by atoms with Crippen LogP contribution in [0, 0.1) is 11.3 Å². The topological polar surface area (TPSA) is 61.2 Å². The number of hydrogen-bond donors (Lipinski definition) is 0. The Morgan fingerprint density at radius 2 is 2.06 bits per heavy atom. The molecule has 0 aliphatic rings. The first-order valence-electron chi connectivity index (χ1n) is 5.05. The minimum Gasteiger partial charge on any atom is -0.313 e. The maximum Gasteiger partial charge on any atom is 0.223 e. The molecule has 1 rings (SSSR count). The zero-order chi connectivity index (χ0) is 12.7. The normalized spacial score (nSPS) is 10.5. The number of rotatable bonds is 4. The van der Waals surface area contributed by atoms with E-state index in [4.69, 9.17) is 5.26 Å². The van der Waals surface area contributed by atoms with Crippen molar-refractivity contribution in [1.82, 2.24) is 4.90 Å². The van der Waals surface area contributed by atoms with Gasteiger partial charge in [0, 0.05) is 13.1 Å². The van der Waals surface area contributed by atoms with Gasteiger partial charge < -0.3 is 4.90 Å². The molecule has 0 bridgehead atoms. The van der Waals surface area contributed by atoms with Gasteiger partial charge in [-0.15, -0.1) is 0 Å². The van der Waals surface area contributed by atoms with Gasteiger partial charge in [0.2, 0.25) is 5.91 Å². The molecule has 4 nitrogen and oxygen atoms in total. The van der Waals surface area contributed by atoms with Gasteiger partial charge >= 0.3 is 0 Å². The summed E-state index contributed by atoms with van der Waals surface area (Å²) in [7, 11) is 0. The van der Waals surface area contributed by atoms with Crippen LogP contribution in [0.3, 0.4) is 0 Å². The van der Waals surface area contributed by atoms with Crippen LogP contribution < -0.4 is 0 Å². The van der Waals surface area contributed by atoms with Gasteiger partial charge in [-0.1, -0.05) is 30.3 Å². The quantitative estimate of drug-likeness (QED) is 0.447. The van der Waals surface area contributed by atoms with Crippen LogP contribution >= 0.6 is 0 Å². The minimum absolute atomic E-state index is 0.0730. The van der Waals surface area contributed by atoms with E-state index in [1.807, 2.05) is 30.3 Å². The number of carbonyl (C=O) groups is 2. The maximum absolute atomic E-state index is 11.4. The standard InChI is InChI=1S/C13H12N2O2/c1-11(17)15(9-13(7-14)10-16)8-12-5-3-2-4-6-12/h2-6,9-10H,8H2,1H3. The number of aldehydes is 1. The SMILES string of the molecule is CC(=O)N(C=C(C#N)C=O)Cc1ccccc1. The van der Waals surface area contributed by atoms with E-state index >= 15 is 0 Å². The average molecular weight is 228 g/mol. The summed E-state index contributed by atoms with van der Waals surface area (Å²) in [5, 5.41) is 8.64. The molecule has 0 fully saturated rings. The molecular weight excluding hydrogens is 216 g/mol. The van der Waals surface area contributed by atoms with Gasteiger partial charge in [0.15, 0.2) is 6.29 Å². The lowest BCUT2D eigenvalue weighted by Crippen LogP contribution is -2.23. The van der Waals surface area contributed by atoms with Crippen LogP contribution in [0.15, 0.2) is 42.1 Å². The van der Waals surface area contributed by atoms with Crippen molar-refractivity contribution in [2.24, 2.45) is 0 Å². The van der Waals surface area contributed by atoms with Gasteiger partial charge in [0.25, 0.3) is 0 Å². The molecule has 0 aliphatic heterocycles. The smallest absolute Gasteiger partial charge is 0.223 e. The van der Waals surface area contributed by atoms with Crippen LogP contribution in [0.1, 0.15) is 12.5 Å². The van der Waals surface area contributed by atoms with Gasteiger partial charge in [-0.25, -0.2) is 0 Å². The van der Waals surface area contributed by atoms with Gasteiger partial charge in [-0.3, -0.25) is 9.59 Å². The number of benzene rings is 1. The first kappa shape index (κ1) is 12.7. The molecule has 0 heterocycles. The van der Waals surface area contributed by atoms with Crippen molar-refractivity contribution in [2.45, 2.75) is 13.5 Å². The van der Waals surface area contributed by atoms with Crippen LogP contribution in [-0.2, 0) is 16.1 Å². The molecule has 0 N–H and O–H groups in total. The molecule has 0 aliphatic carbocycles. The molecule has 1 aromatic rings. The number of carbonyl (C=O) groups excluding carboxylic acids is 2. The summed E-state index contributed by atoms with van der Waals surface area (Å²) in [5.41, 5.74) is 0.860. The van der Waals surface area contributed by atoms with Gasteiger partial charge in [-0.2, -0.15) is 5.26 Å². The molecule has 0 aromatic heterocycles. The van der Waals surface area contributed by atoms with Gasteiger partial charge in [0.1, 0.15) is 11.6 Å². The third-order valence-corrected chi connectivity index (χ3v) is 2.15. The minimum atomic E-state index is -0.219. The third kappa shape index (κ3) is 3.92. The Balaban J connectivity index is 2.89. The molecule has 0 saturated heterocycles. The van der Waals surface area contributed by atoms with Crippen molar-refractivity contribution in [1.29, 1.82) is 5.26 Å². The van der Waals surface area contributed by atoms with E-state index in [1.54, 1.807) is 6.07 Å². The largest absolute Gasteiger partial charge is 0.313 e. The summed E-state index contributed by atoms with van der Waals surface area (Å²) in [6.45, 7) is 1.73. The number of amides is 1. The predicted octanol–water partition coefficient (Wildman–Crippen LogP) is 1.64. The Morgan fingerprint density at radius 1 is 1.41 bits per heavy atom. The third-order valence-electron chi connectivity index (χ3n) is 2.15. The summed E-state index contributed by atoms with van der Waals surface area (Å²) >= 11 is 0. The van der Waals surface area contributed by atoms with E-state index < -0.39 is 0 Å². The Kier molecular flexibility index (Phi) is 4.64. The molecule has 1 aromatic carbocycles. The lowest BCUT2D eigenvalue weighted by atomic mass is 10.2. The highest BCUT2D eigenvalue weighted by Crippen LogP contribution is 2.06. The lowest BCUT2D eigenvalue weighted by molar-refractivity contribution is -0.126. The second-order valence-electron chi connectivity index (χ2n) is 3.45. The highest BCUT2D eigenvalue weighted by molar-refractivity contribution is 5.81. The zero-order valence-corrected chi connectivity index (χ0v) is 9.46. The Morgan fingerprint density at radius 3 is 2.53 bits per heavy atom. The first-order valence-corrected chi connectivity index (χ1v) is 5.05. The molecule has 17 heavy (non-hydrogen) atoms. The van der Waals surface area contributed by atoms with Crippen molar-refractivity contribution in [3.63, 3.8) is 0 Å². The van der Waals surface area contributed by atoms with Crippen molar-refractivity contribution in [3.05, 3.63) is 47.7 Å². The van der Waals surface area contributed by atoms with Crippen LogP contribution in [0.2, 0.25) is 0 Å². The lowest BCUT2D eigenvalue weighted by Gasteiger charge is -2.16. The van der Waals surface area contributed by atoms with Gasteiger partial charge in [-0.05, 0) is 5.56 Å². The number of allylic oxidation sites excluding steroid dienone is 1. The van der Waals surface area contributed by atoms with Crippen molar-refractivity contribution >= 4 is 12.2 Å². The van der Waals surface area contributed by atoms with Crippen LogP contribution in [0.25, 0.3) is 0 Å². The molecule has 4 heteroatoms. The summed E-state index contributed by atoms with van der Waals surface area (Å²) in [6.07, 6.45) is 1.70. The fourth-order valence-corrected chi connectivity index (χ4v) is 1.28. The molecule has 0 radical (unpaired) electrons. The highest BCUT2D eigenvalue weighted by Gasteiger charge is 2.07. The fraction of sp³-hybridized carbons (Fsp3) is 0.154. The Bertz CT molecular complexity index is 472. The summed E-state index contributed by atoms with van der Waals surface area (Å²) < 4.78 is 0.